The molecule has 6 heteroatoms. The van der Waals surface area contributed by atoms with Gasteiger partial charge in [0.25, 0.3) is 0 Å². The van der Waals surface area contributed by atoms with E-state index in [9.17, 15) is 9.18 Å². The number of nitrogens with one attached hydrogen (secondary N) is 1. The number of carbonyl (C=O) groups is 1. The van der Waals surface area contributed by atoms with E-state index in [2.05, 4.69) is 22.9 Å². The van der Waals surface area contributed by atoms with Gasteiger partial charge in [0.05, 0.1) is 10.9 Å². The summed E-state index contributed by atoms with van der Waals surface area (Å²) in [6.07, 6.45) is 0.446. The Bertz CT molecular complexity index is 834. The number of rotatable bonds is 6. The largest absolute Gasteiger partial charge is 0.351 e. The summed E-state index contributed by atoms with van der Waals surface area (Å²) in [5.41, 5.74) is 2.71. The fraction of sp³-hybridized carbons (Fsp3) is 0.158. The van der Waals surface area contributed by atoms with Crippen LogP contribution in [0, 0.1) is 5.82 Å². The number of hydrogen-bond acceptors (Lipinski definition) is 4. The van der Waals surface area contributed by atoms with Crippen LogP contribution in [0.1, 0.15) is 11.3 Å². The Morgan fingerprint density at radius 2 is 1.88 bits per heavy atom. The highest BCUT2D eigenvalue weighted by atomic mass is 32.1. The van der Waals surface area contributed by atoms with E-state index in [4.69, 9.17) is 0 Å². The topological polar surface area (TPSA) is 42.0 Å². The number of aromatic nitrogens is 1. The van der Waals surface area contributed by atoms with Gasteiger partial charge in [0.2, 0.25) is 5.91 Å². The molecule has 25 heavy (non-hydrogen) atoms. The molecule has 0 radical (unpaired) electrons. The van der Waals surface area contributed by atoms with Crippen molar-refractivity contribution in [2.75, 3.05) is 0 Å². The number of benzene rings is 2. The molecule has 0 aliphatic rings. The summed E-state index contributed by atoms with van der Waals surface area (Å²) < 4.78 is 13.0. The maximum absolute atomic E-state index is 13.0. The molecular formula is C19H17FN2OS2. The van der Waals surface area contributed by atoms with Crippen molar-refractivity contribution in [1.29, 1.82) is 0 Å². The standard InChI is InChI=1S/C19H17FN2OS2/c20-15-8-6-14(7-9-15)19-22-16(12-25-19)10-17(24)18(23)21-11-13-4-2-1-3-5-13/h1-9,12,17,24H,10-11H2,(H,21,23). The number of thiol groups is 1. The van der Waals surface area contributed by atoms with E-state index in [0.717, 1.165) is 21.8 Å². The van der Waals surface area contributed by atoms with Crippen LogP contribution in [0.25, 0.3) is 10.6 Å². The summed E-state index contributed by atoms with van der Waals surface area (Å²) in [5, 5.41) is 5.13. The zero-order valence-corrected chi connectivity index (χ0v) is 15.1. The van der Waals surface area contributed by atoms with Crippen molar-refractivity contribution >= 4 is 29.9 Å². The van der Waals surface area contributed by atoms with Gasteiger partial charge in [0.1, 0.15) is 10.8 Å². The summed E-state index contributed by atoms with van der Waals surface area (Å²) in [6, 6.07) is 16.0. The Hall–Kier alpha value is -2.18. The molecule has 2 aromatic carbocycles. The first kappa shape index (κ1) is 17.6. The molecule has 0 aliphatic heterocycles. The van der Waals surface area contributed by atoms with Gasteiger partial charge < -0.3 is 5.32 Å². The highest BCUT2D eigenvalue weighted by Crippen LogP contribution is 2.24. The lowest BCUT2D eigenvalue weighted by Crippen LogP contribution is -2.32. The smallest absolute Gasteiger partial charge is 0.233 e. The van der Waals surface area contributed by atoms with E-state index in [1.807, 2.05) is 35.7 Å². The maximum atomic E-state index is 13.0. The van der Waals surface area contributed by atoms with E-state index < -0.39 is 5.25 Å². The lowest BCUT2D eigenvalue weighted by molar-refractivity contribution is -0.120. The van der Waals surface area contributed by atoms with Crippen LogP contribution in [0.4, 0.5) is 4.39 Å². The highest BCUT2D eigenvalue weighted by Gasteiger charge is 2.16. The van der Waals surface area contributed by atoms with Gasteiger partial charge in [-0.25, -0.2) is 9.37 Å². The molecule has 3 nitrogen and oxygen atoms in total. The van der Waals surface area contributed by atoms with Crippen LogP contribution < -0.4 is 5.32 Å². The number of nitrogens with zero attached hydrogens (tertiary/aromatic N) is 1. The number of halogens is 1. The van der Waals surface area contributed by atoms with Gasteiger partial charge in [-0.3, -0.25) is 4.79 Å². The Kier molecular flexibility index (Phi) is 5.83. The first-order valence-corrected chi connectivity index (χ1v) is 9.21. The van der Waals surface area contributed by atoms with Crippen LogP contribution >= 0.6 is 24.0 Å². The normalized spacial score (nSPS) is 11.9. The predicted octanol–water partition coefficient (Wildman–Crippen LogP) is 4.11. The number of hydrogen-bond donors (Lipinski definition) is 2. The second-order valence-electron chi connectivity index (χ2n) is 5.57. The molecular weight excluding hydrogens is 355 g/mol. The lowest BCUT2D eigenvalue weighted by Gasteiger charge is -2.10. The number of amides is 1. The fourth-order valence-electron chi connectivity index (χ4n) is 2.32. The molecule has 1 heterocycles. The Balaban J connectivity index is 1.56. The summed E-state index contributed by atoms with van der Waals surface area (Å²) in [7, 11) is 0. The molecule has 0 spiro atoms. The van der Waals surface area contributed by atoms with Crippen LogP contribution in [0.2, 0.25) is 0 Å². The molecule has 0 saturated carbocycles. The third-order valence-electron chi connectivity index (χ3n) is 3.66. The second-order valence-corrected chi connectivity index (χ2v) is 7.06. The predicted molar refractivity (Wildman–Crippen MR) is 102 cm³/mol. The highest BCUT2D eigenvalue weighted by molar-refractivity contribution is 7.81. The lowest BCUT2D eigenvalue weighted by atomic mass is 10.2. The van der Waals surface area contributed by atoms with Crippen molar-refractivity contribution in [1.82, 2.24) is 10.3 Å². The minimum atomic E-state index is -0.466. The van der Waals surface area contributed by atoms with Gasteiger partial charge in [-0.2, -0.15) is 12.6 Å². The molecule has 3 rings (SSSR count). The van der Waals surface area contributed by atoms with Crippen molar-refractivity contribution in [3.05, 3.63) is 77.1 Å². The molecule has 0 saturated heterocycles. The van der Waals surface area contributed by atoms with Gasteiger partial charge in [-0.1, -0.05) is 30.3 Å². The summed E-state index contributed by atoms with van der Waals surface area (Å²) in [6.45, 7) is 0.481. The van der Waals surface area contributed by atoms with E-state index in [-0.39, 0.29) is 11.7 Å². The van der Waals surface area contributed by atoms with Crippen molar-refractivity contribution < 1.29 is 9.18 Å². The molecule has 0 bridgehead atoms. The Labute approximate surface area is 155 Å². The number of thiazole rings is 1. The first-order valence-electron chi connectivity index (χ1n) is 7.82. The quantitative estimate of drug-likeness (QED) is 0.640. The fourth-order valence-corrected chi connectivity index (χ4v) is 3.44. The summed E-state index contributed by atoms with van der Waals surface area (Å²) in [5.74, 6) is -0.394. The maximum Gasteiger partial charge on any atom is 0.233 e. The molecule has 0 fully saturated rings. The van der Waals surface area contributed by atoms with Crippen molar-refractivity contribution in [2.24, 2.45) is 0 Å². The van der Waals surface area contributed by atoms with Gasteiger partial charge in [0.15, 0.2) is 0 Å². The molecule has 3 aromatic rings. The van der Waals surface area contributed by atoms with E-state index in [1.165, 1.54) is 23.5 Å². The molecule has 1 amide bonds. The van der Waals surface area contributed by atoms with Crippen molar-refractivity contribution in [3.8, 4) is 10.6 Å². The van der Waals surface area contributed by atoms with Crippen LogP contribution in [-0.4, -0.2) is 16.1 Å². The Morgan fingerprint density at radius 3 is 2.60 bits per heavy atom. The third-order valence-corrected chi connectivity index (χ3v) is 5.01. The summed E-state index contributed by atoms with van der Waals surface area (Å²) in [4.78, 5) is 16.7. The molecule has 1 unspecified atom stereocenters. The molecule has 1 aromatic heterocycles. The van der Waals surface area contributed by atoms with Crippen LogP contribution in [0.15, 0.2) is 60.0 Å². The molecule has 1 N–H and O–H groups in total. The SMILES string of the molecule is O=C(NCc1ccccc1)C(S)Cc1csc(-c2ccc(F)cc2)n1. The van der Waals surface area contributed by atoms with Crippen LogP contribution in [-0.2, 0) is 17.8 Å². The van der Waals surface area contributed by atoms with Gasteiger partial charge in [-0.15, -0.1) is 11.3 Å². The number of carbonyl (C=O) groups excluding carboxylic acids is 1. The average molecular weight is 372 g/mol. The van der Waals surface area contributed by atoms with Gasteiger partial charge in [0, 0.05) is 23.9 Å². The Morgan fingerprint density at radius 1 is 1.16 bits per heavy atom. The third kappa shape index (κ3) is 4.90. The van der Waals surface area contributed by atoms with E-state index in [1.54, 1.807) is 12.1 Å². The first-order chi connectivity index (χ1) is 12.1. The van der Waals surface area contributed by atoms with E-state index >= 15 is 0 Å². The molecule has 128 valence electrons. The van der Waals surface area contributed by atoms with Crippen molar-refractivity contribution in [2.45, 2.75) is 18.2 Å². The molecule has 0 aliphatic carbocycles. The minimum Gasteiger partial charge on any atom is -0.351 e. The minimum absolute atomic E-state index is 0.122. The monoisotopic (exact) mass is 372 g/mol. The van der Waals surface area contributed by atoms with Gasteiger partial charge in [-0.05, 0) is 29.8 Å². The van der Waals surface area contributed by atoms with E-state index in [0.29, 0.717) is 13.0 Å². The van der Waals surface area contributed by atoms with Crippen LogP contribution in [0.3, 0.4) is 0 Å². The van der Waals surface area contributed by atoms with Crippen molar-refractivity contribution in [3.63, 3.8) is 0 Å². The zero-order chi connectivity index (χ0) is 17.6. The van der Waals surface area contributed by atoms with Crippen LogP contribution in [0.5, 0.6) is 0 Å². The summed E-state index contributed by atoms with van der Waals surface area (Å²) >= 11 is 5.87. The average Bonchev–Trinajstić information content (AvgIpc) is 3.09. The second kappa shape index (κ2) is 8.27. The zero-order valence-electron chi connectivity index (χ0n) is 13.4. The molecule has 1 atom stereocenters. The van der Waals surface area contributed by atoms with Gasteiger partial charge >= 0.3 is 0 Å².